The molecule has 0 radical (unpaired) electrons. The minimum absolute atomic E-state index is 0.329. The van der Waals surface area contributed by atoms with Gasteiger partial charge in [-0.15, -0.1) is 0 Å². The van der Waals surface area contributed by atoms with Gasteiger partial charge in [0.05, 0.1) is 46.5 Å². The van der Waals surface area contributed by atoms with Crippen LogP contribution in [0.5, 0.6) is 17.2 Å². The Morgan fingerprint density at radius 1 is 1.12 bits per heavy atom. The molecule has 25 heavy (non-hydrogen) atoms. The van der Waals surface area contributed by atoms with Crippen LogP contribution < -0.4 is 19.5 Å². The largest absolute Gasteiger partial charge is 0.493 e. The Morgan fingerprint density at radius 2 is 1.88 bits per heavy atom. The standard InChI is InChI=1S/C17H21N3O5/c1-22-12-6-5-9(15(23-2)16(12)24-3)13-14-10(18-8-19-14)7-11(20-13)17(21)25-4/h5-6,8,11,13,20H,7H2,1-4H3,(H,18,19)/t11-,13+/m1/s1. The van der Waals surface area contributed by atoms with Gasteiger partial charge in [0.1, 0.15) is 6.04 Å². The third-order valence-electron chi connectivity index (χ3n) is 4.33. The van der Waals surface area contributed by atoms with Gasteiger partial charge in [0.2, 0.25) is 5.75 Å². The number of nitrogens with zero attached hydrogens (tertiary/aromatic N) is 1. The molecule has 3 rings (SSSR count). The zero-order valence-corrected chi connectivity index (χ0v) is 14.6. The molecule has 1 aliphatic rings. The first kappa shape index (κ1) is 17.1. The number of hydrogen-bond acceptors (Lipinski definition) is 7. The molecule has 2 heterocycles. The number of carbonyl (C=O) groups is 1. The molecule has 0 amide bonds. The number of aromatic amines is 1. The number of esters is 1. The SMILES string of the molecule is COC(=O)[C@H]1Cc2[nH]cnc2[C@H](c2ccc(OC)c(OC)c2OC)N1. The Morgan fingerprint density at radius 3 is 2.52 bits per heavy atom. The van der Waals surface area contributed by atoms with Gasteiger partial charge in [-0.25, -0.2) is 4.98 Å². The zero-order chi connectivity index (χ0) is 18.0. The lowest BCUT2D eigenvalue weighted by molar-refractivity contribution is -0.143. The summed E-state index contributed by atoms with van der Waals surface area (Å²) in [7, 11) is 6.05. The number of H-pyrrole nitrogens is 1. The molecule has 134 valence electrons. The molecule has 0 unspecified atom stereocenters. The third-order valence-corrected chi connectivity index (χ3v) is 4.33. The Balaban J connectivity index is 2.10. The highest BCUT2D eigenvalue weighted by Crippen LogP contribution is 2.44. The molecular weight excluding hydrogens is 326 g/mol. The molecule has 0 saturated heterocycles. The fourth-order valence-corrected chi connectivity index (χ4v) is 3.17. The number of ether oxygens (including phenoxy) is 4. The number of hydrogen-bond donors (Lipinski definition) is 2. The summed E-state index contributed by atoms with van der Waals surface area (Å²) < 4.78 is 21.3. The summed E-state index contributed by atoms with van der Waals surface area (Å²) in [5, 5.41) is 3.29. The van der Waals surface area contributed by atoms with Gasteiger partial charge in [0, 0.05) is 17.7 Å². The average molecular weight is 347 g/mol. The van der Waals surface area contributed by atoms with E-state index in [9.17, 15) is 4.79 Å². The summed E-state index contributed by atoms with van der Waals surface area (Å²) in [4.78, 5) is 19.6. The van der Waals surface area contributed by atoms with Gasteiger partial charge in [-0.2, -0.15) is 0 Å². The molecule has 8 nitrogen and oxygen atoms in total. The second-order valence-corrected chi connectivity index (χ2v) is 5.57. The molecule has 1 aliphatic heterocycles. The first-order chi connectivity index (χ1) is 12.1. The van der Waals surface area contributed by atoms with Crippen molar-refractivity contribution in [3.05, 3.63) is 35.4 Å². The number of methoxy groups -OCH3 is 4. The zero-order valence-electron chi connectivity index (χ0n) is 14.6. The van der Waals surface area contributed by atoms with Crippen LogP contribution in [0.25, 0.3) is 0 Å². The highest BCUT2D eigenvalue weighted by molar-refractivity contribution is 5.77. The van der Waals surface area contributed by atoms with Crippen molar-refractivity contribution in [3.63, 3.8) is 0 Å². The van der Waals surface area contributed by atoms with Crippen molar-refractivity contribution in [1.29, 1.82) is 0 Å². The van der Waals surface area contributed by atoms with Crippen LogP contribution in [0.3, 0.4) is 0 Å². The van der Waals surface area contributed by atoms with Gasteiger partial charge >= 0.3 is 5.97 Å². The van der Waals surface area contributed by atoms with E-state index >= 15 is 0 Å². The van der Waals surface area contributed by atoms with Gasteiger partial charge in [-0.3, -0.25) is 10.1 Å². The fourth-order valence-electron chi connectivity index (χ4n) is 3.17. The van der Waals surface area contributed by atoms with E-state index in [2.05, 4.69) is 15.3 Å². The number of rotatable bonds is 5. The molecule has 0 fully saturated rings. The van der Waals surface area contributed by atoms with Crippen LogP contribution >= 0.6 is 0 Å². The number of aromatic nitrogens is 2. The molecule has 1 aromatic heterocycles. The molecule has 0 bridgehead atoms. The lowest BCUT2D eigenvalue weighted by Crippen LogP contribution is -2.45. The number of nitrogens with one attached hydrogen (secondary N) is 2. The van der Waals surface area contributed by atoms with Crippen molar-refractivity contribution in [2.24, 2.45) is 0 Å². The van der Waals surface area contributed by atoms with E-state index in [4.69, 9.17) is 18.9 Å². The predicted molar refractivity (Wildman–Crippen MR) is 89.2 cm³/mol. The van der Waals surface area contributed by atoms with E-state index in [1.54, 1.807) is 33.7 Å². The lowest BCUT2D eigenvalue weighted by atomic mass is 9.93. The third kappa shape index (κ3) is 2.89. The predicted octanol–water partition coefficient (Wildman–Crippen LogP) is 1.21. The smallest absolute Gasteiger partial charge is 0.323 e. The van der Waals surface area contributed by atoms with E-state index < -0.39 is 6.04 Å². The van der Waals surface area contributed by atoms with Crippen molar-refractivity contribution in [2.75, 3.05) is 28.4 Å². The summed E-state index contributed by atoms with van der Waals surface area (Å²) >= 11 is 0. The first-order valence-electron chi connectivity index (χ1n) is 7.79. The van der Waals surface area contributed by atoms with Crippen LogP contribution in [0.1, 0.15) is 23.0 Å². The summed E-state index contributed by atoms with van der Waals surface area (Å²) in [5.74, 6) is 1.25. The molecule has 0 saturated carbocycles. The Kier molecular flexibility index (Phi) is 4.80. The van der Waals surface area contributed by atoms with E-state index in [-0.39, 0.29) is 12.0 Å². The topological polar surface area (TPSA) is 94.7 Å². The van der Waals surface area contributed by atoms with Gasteiger partial charge in [0.15, 0.2) is 11.5 Å². The number of benzene rings is 1. The minimum Gasteiger partial charge on any atom is -0.493 e. The molecule has 8 heteroatoms. The molecule has 2 aromatic rings. The minimum atomic E-state index is -0.485. The second kappa shape index (κ2) is 7.02. The van der Waals surface area contributed by atoms with Gasteiger partial charge in [0.25, 0.3) is 0 Å². The van der Waals surface area contributed by atoms with Crippen LogP contribution in [0.15, 0.2) is 18.5 Å². The van der Waals surface area contributed by atoms with Crippen molar-refractivity contribution in [3.8, 4) is 17.2 Å². The molecule has 1 aromatic carbocycles. The Labute approximate surface area is 145 Å². The molecule has 2 N–H and O–H groups in total. The fraction of sp³-hybridized carbons (Fsp3) is 0.412. The van der Waals surface area contributed by atoms with Gasteiger partial charge in [-0.05, 0) is 12.1 Å². The Bertz CT molecular complexity index is 774. The van der Waals surface area contributed by atoms with Crippen LogP contribution in [-0.2, 0) is 16.0 Å². The highest BCUT2D eigenvalue weighted by atomic mass is 16.5. The summed E-state index contributed by atoms with van der Waals surface area (Å²) in [6, 6.07) is 2.83. The highest BCUT2D eigenvalue weighted by Gasteiger charge is 2.36. The maximum atomic E-state index is 12.1. The Hall–Kier alpha value is -2.74. The number of imidazole rings is 1. The van der Waals surface area contributed by atoms with Crippen molar-refractivity contribution in [1.82, 2.24) is 15.3 Å². The van der Waals surface area contributed by atoms with Crippen molar-refractivity contribution in [2.45, 2.75) is 18.5 Å². The molecule has 0 aliphatic carbocycles. The lowest BCUT2D eigenvalue weighted by Gasteiger charge is -2.30. The normalized spacial score (nSPS) is 19.0. The van der Waals surface area contributed by atoms with E-state index in [1.807, 2.05) is 6.07 Å². The number of carbonyl (C=O) groups excluding carboxylic acids is 1. The van der Waals surface area contributed by atoms with E-state index in [1.165, 1.54) is 7.11 Å². The van der Waals surface area contributed by atoms with Gasteiger partial charge < -0.3 is 23.9 Å². The maximum absolute atomic E-state index is 12.1. The summed E-state index contributed by atoms with van der Waals surface area (Å²) in [6.07, 6.45) is 2.10. The summed E-state index contributed by atoms with van der Waals surface area (Å²) in [5.41, 5.74) is 2.49. The average Bonchev–Trinajstić information content (AvgIpc) is 3.13. The maximum Gasteiger partial charge on any atom is 0.323 e. The van der Waals surface area contributed by atoms with E-state index in [0.29, 0.717) is 23.7 Å². The quantitative estimate of drug-likeness (QED) is 0.785. The first-order valence-corrected chi connectivity index (χ1v) is 7.79. The summed E-state index contributed by atoms with van der Waals surface area (Å²) in [6.45, 7) is 0. The molecule has 2 atom stereocenters. The number of fused-ring (bicyclic) bond motifs is 1. The van der Waals surface area contributed by atoms with Gasteiger partial charge in [-0.1, -0.05) is 0 Å². The molecular formula is C17H21N3O5. The second-order valence-electron chi connectivity index (χ2n) is 5.57. The van der Waals surface area contributed by atoms with Crippen LogP contribution in [0.4, 0.5) is 0 Å². The van der Waals surface area contributed by atoms with Crippen LogP contribution in [0.2, 0.25) is 0 Å². The molecule has 0 spiro atoms. The van der Waals surface area contributed by atoms with Crippen molar-refractivity contribution >= 4 is 5.97 Å². The van der Waals surface area contributed by atoms with Crippen LogP contribution in [0, 0.1) is 0 Å². The van der Waals surface area contributed by atoms with Crippen molar-refractivity contribution < 1.29 is 23.7 Å². The van der Waals surface area contributed by atoms with E-state index in [0.717, 1.165) is 17.0 Å². The monoisotopic (exact) mass is 347 g/mol. The van der Waals surface area contributed by atoms with Crippen LogP contribution in [-0.4, -0.2) is 50.4 Å².